The van der Waals surface area contributed by atoms with E-state index in [1.54, 1.807) is 34.6 Å². The lowest BCUT2D eigenvalue weighted by Gasteiger charge is -2.41. The Bertz CT molecular complexity index is 3290. The fourth-order valence-electron chi connectivity index (χ4n) is 13.5. The zero-order valence-electron chi connectivity index (χ0n) is 67.6. The van der Waals surface area contributed by atoms with Gasteiger partial charge in [-0.15, -0.1) is 0 Å². The Morgan fingerprint density at radius 2 is 0.943 bits per heavy atom. The topological polar surface area (TPSA) is 335 Å². The van der Waals surface area contributed by atoms with Crippen LogP contribution in [0.4, 0.5) is 4.79 Å². The molecule has 2 aromatic rings. The summed E-state index contributed by atoms with van der Waals surface area (Å²) in [6.45, 7) is 27.4. The molecule has 0 radical (unpaired) electrons. The van der Waals surface area contributed by atoms with Crippen molar-refractivity contribution >= 4 is 71.1 Å². The number of rotatable bonds is 41. The average Bonchev–Trinajstić information content (AvgIpc) is 1.61. The number of amides is 11. The number of allylic oxidation sites excluding steroid dienone is 2. The number of alkyl carbamates (subject to hydrolysis) is 1. The summed E-state index contributed by atoms with van der Waals surface area (Å²) >= 11 is 0. The van der Waals surface area contributed by atoms with Crippen LogP contribution in [0, 0.1) is 41.4 Å². The Balaban J connectivity index is 1.79. The molecule has 0 spiro atoms. The van der Waals surface area contributed by atoms with Gasteiger partial charge in [-0.3, -0.25) is 47.9 Å². The van der Waals surface area contributed by atoms with Gasteiger partial charge in [0, 0.05) is 61.9 Å². The molecule has 12 atom stereocenters. The second-order valence-corrected chi connectivity index (χ2v) is 31.0. The molecular weight excluding hydrogens is 1360 g/mol. The predicted octanol–water partition coefficient (Wildman–Crippen LogP) is 6.21. The molecule has 6 N–H and O–H groups in total. The Labute approximate surface area is 630 Å². The van der Waals surface area contributed by atoms with E-state index in [0.29, 0.717) is 6.42 Å². The SMILES string of the molecule is C/C=C/C[C@@H](C)[C@@H](O)[C@@H](C(=O)OC)N(C)C(=O)[C@H](C(C)C)N(C)C(=O)[C@H](CC(C)C)N(C)C(=O)[C@H](CC(C)C)N(C)C(=O)[C@@H](C)NC(=O)[C@H](C)NC(=O)[C@H](CC(C)C)N(C)C(=O)[C@@H](NC(=O)[C@H](CC(C)C)N(C)C(=O)CN(C)C(=O)[C@H](CCCO)NC(=O)OCC1c2ccccc2-c2ccccc21)C(C)C. The molecule has 27 nitrogen and oxygen atoms in total. The number of benzene rings is 2. The second-order valence-electron chi connectivity index (χ2n) is 31.0. The molecule has 594 valence electrons. The molecule has 0 fully saturated rings. The highest BCUT2D eigenvalue weighted by Gasteiger charge is 2.46. The standard InChI is InChI=1S/C79H127N11O16/c1-25-26-32-51(14)68(93)67(78(103)105-24)90(23)77(102)66(50(12)13)89(22)75(100)63(42-48(8)9)88(21)74(99)62(41-47(6)7)87(20)72(97)53(16)81-69(94)52(15)80-70(95)61(40-46(4)5)86(19)76(101)65(49(10)11)83-71(96)60(39-45(2)3)85(18)64(92)43-84(17)73(98)59(37-31-38-91)82-79(104)106-44-58-56-35-29-27-33-54(56)55-34-28-30-36-57(55)58/h25-30,33-36,45-53,58-63,65-68,91,93H,31-32,37-44H2,1-24H3,(H,80,95)(H,81,94)(H,82,104)(H,83,96)/b26-25+/t51-,52+,53-,59+,60+,61+,62+,63+,65+,66+,67+,68-/m1/s1. The normalized spacial score (nSPS) is 15.5. The van der Waals surface area contributed by atoms with Crippen LogP contribution >= 0.6 is 0 Å². The zero-order valence-corrected chi connectivity index (χ0v) is 67.6. The molecule has 0 saturated carbocycles. The van der Waals surface area contributed by atoms with E-state index in [4.69, 9.17) is 9.47 Å². The number of carbonyl (C=O) groups excluding carboxylic acids is 12. The number of fused-ring (bicyclic) bond motifs is 3. The first-order valence-corrected chi connectivity index (χ1v) is 37.4. The van der Waals surface area contributed by atoms with Crippen LogP contribution < -0.4 is 21.3 Å². The van der Waals surface area contributed by atoms with Crippen LogP contribution in [0.25, 0.3) is 11.1 Å². The molecule has 106 heavy (non-hydrogen) atoms. The Kier molecular flexibility index (Phi) is 37.0. The third-order valence-electron chi connectivity index (χ3n) is 19.8. The quantitative estimate of drug-likeness (QED) is 0.0318. The van der Waals surface area contributed by atoms with Gasteiger partial charge < -0.3 is 75.3 Å². The fraction of sp³-hybridized carbons (Fsp3) is 0.671. The van der Waals surface area contributed by atoms with E-state index in [1.165, 1.54) is 87.7 Å². The molecule has 3 rings (SSSR count). The number of carbonyl (C=O) groups is 12. The molecule has 0 saturated heterocycles. The number of likely N-dealkylation sites (N-methyl/N-ethyl adjacent to an activating group) is 7. The number of ether oxygens (including phenoxy) is 2. The maximum Gasteiger partial charge on any atom is 0.407 e. The lowest BCUT2D eigenvalue weighted by Crippen LogP contribution is -2.62. The molecule has 0 aromatic heterocycles. The van der Waals surface area contributed by atoms with Gasteiger partial charge in [-0.05, 0) is 129 Å². The third kappa shape index (κ3) is 25.1. The minimum atomic E-state index is -1.41. The maximum absolute atomic E-state index is 15.0. The second kappa shape index (κ2) is 42.8. The molecule has 0 unspecified atom stereocenters. The molecule has 11 amide bonds. The van der Waals surface area contributed by atoms with Gasteiger partial charge >= 0.3 is 12.1 Å². The van der Waals surface area contributed by atoms with Crippen molar-refractivity contribution in [2.45, 2.75) is 228 Å². The summed E-state index contributed by atoms with van der Waals surface area (Å²) in [5.41, 5.74) is 4.08. The van der Waals surface area contributed by atoms with Gasteiger partial charge in [0.25, 0.3) is 0 Å². The summed E-state index contributed by atoms with van der Waals surface area (Å²) in [6.07, 6.45) is 2.62. The Morgan fingerprint density at radius 3 is 1.42 bits per heavy atom. The Morgan fingerprint density at radius 1 is 0.500 bits per heavy atom. The lowest BCUT2D eigenvalue weighted by atomic mass is 9.92. The van der Waals surface area contributed by atoms with Gasteiger partial charge in [0.2, 0.25) is 59.1 Å². The van der Waals surface area contributed by atoms with E-state index in [2.05, 4.69) is 21.3 Å². The van der Waals surface area contributed by atoms with Crippen LogP contribution in [0.3, 0.4) is 0 Å². The zero-order chi connectivity index (χ0) is 80.6. The molecule has 2 aromatic carbocycles. The number of aliphatic hydroxyl groups is 2. The number of nitrogens with zero attached hydrogens (tertiary/aromatic N) is 7. The first-order valence-electron chi connectivity index (χ1n) is 37.4. The van der Waals surface area contributed by atoms with Crippen molar-refractivity contribution in [3.63, 3.8) is 0 Å². The van der Waals surface area contributed by atoms with E-state index in [1.807, 2.05) is 123 Å². The summed E-state index contributed by atoms with van der Waals surface area (Å²) in [5.74, 6) is -9.78. The smallest absolute Gasteiger partial charge is 0.407 e. The molecule has 27 heteroatoms. The molecular formula is C79H127N11O16. The Hall–Kier alpha value is -8.46. The summed E-state index contributed by atoms with van der Waals surface area (Å²) in [7, 11) is 11.1. The van der Waals surface area contributed by atoms with Crippen LogP contribution in [-0.4, -0.2) is 258 Å². The van der Waals surface area contributed by atoms with Crippen LogP contribution in [0.15, 0.2) is 60.7 Å². The highest BCUT2D eigenvalue weighted by molar-refractivity contribution is 5.99. The van der Waals surface area contributed by atoms with Crippen molar-refractivity contribution in [2.75, 3.05) is 76.2 Å². The molecule has 1 aliphatic carbocycles. The van der Waals surface area contributed by atoms with Gasteiger partial charge in [-0.25, -0.2) is 9.59 Å². The van der Waals surface area contributed by atoms with E-state index in [9.17, 15) is 67.7 Å². The molecule has 1 aliphatic rings. The number of hydrogen-bond acceptors (Lipinski definition) is 16. The average molecular weight is 1490 g/mol. The number of esters is 1. The summed E-state index contributed by atoms with van der Waals surface area (Å²) in [4.78, 5) is 180. The molecule has 0 heterocycles. The van der Waals surface area contributed by atoms with Crippen molar-refractivity contribution in [2.24, 2.45) is 41.4 Å². The van der Waals surface area contributed by atoms with Crippen LogP contribution in [0.2, 0.25) is 0 Å². The van der Waals surface area contributed by atoms with E-state index in [-0.39, 0.29) is 81.3 Å². The van der Waals surface area contributed by atoms with Crippen molar-refractivity contribution in [3.8, 4) is 11.1 Å². The number of hydrogen-bond donors (Lipinski definition) is 6. The largest absolute Gasteiger partial charge is 0.467 e. The van der Waals surface area contributed by atoms with Crippen molar-refractivity contribution in [1.29, 1.82) is 0 Å². The van der Waals surface area contributed by atoms with E-state index in [0.717, 1.165) is 39.2 Å². The lowest BCUT2D eigenvalue weighted by molar-refractivity contribution is -0.163. The van der Waals surface area contributed by atoms with Gasteiger partial charge in [0.15, 0.2) is 6.04 Å². The predicted molar refractivity (Wildman–Crippen MR) is 407 cm³/mol. The fourth-order valence-corrected chi connectivity index (χ4v) is 13.5. The van der Waals surface area contributed by atoms with E-state index >= 15 is 0 Å². The first-order chi connectivity index (χ1) is 49.5. The minimum absolute atomic E-state index is 0.0107. The first kappa shape index (κ1) is 91.7. The highest BCUT2D eigenvalue weighted by Crippen LogP contribution is 2.44. The number of aliphatic hydroxyl groups excluding tert-OH is 2. The van der Waals surface area contributed by atoms with Gasteiger partial charge in [-0.2, -0.15) is 0 Å². The molecule has 0 bridgehead atoms. The monoisotopic (exact) mass is 1490 g/mol. The van der Waals surface area contributed by atoms with Crippen molar-refractivity contribution in [3.05, 3.63) is 71.8 Å². The summed E-state index contributed by atoms with van der Waals surface area (Å²) < 4.78 is 10.8. The van der Waals surface area contributed by atoms with Gasteiger partial charge in [0.05, 0.1) is 19.8 Å². The van der Waals surface area contributed by atoms with Gasteiger partial charge in [-0.1, -0.05) is 151 Å². The summed E-state index contributed by atoms with van der Waals surface area (Å²) in [5, 5.41) is 32.1. The molecule has 0 aliphatic heterocycles. The van der Waals surface area contributed by atoms with Gasteiger partial charge in [0.1, 0.15) is 61.0 Å². The number of methoxy groups -OCH3 is 1. The number of nitrogens with one attached hydrogen (secondary N) is 4. The highest BCUT2D eigenvalue weighted by atomic mass is 16.5. The van der Waals surface area contributed by atoms with Crippen molar-refractivity contribution in [1.82, 2.24) is 55.6 Å². The third-order valence-corrected chi connectivity index (χ3v) is 19.8. The summed E-state index contributed by atoms with van der Waals surface area (Å²) in [6, 6.07) is 3.57. The minimum Gasteiger partial charge on any atom is -0.467 e. The van der Waals surface area contributed by atoms with Crippen LogP contribution in [0.5, 0.6) is 0 Å². The maximum atomic E-state index is 15.0. The van der Waals surface area contributed by atoms with Crippen LogP contribution in [-0.2, 0) is 62.2 Å². The van der Waals surface area contributed by atoms with Crippen LogP contribution in [0.1, 0.15) is 173 Å². The van der Waals surface area contributed by atoms with Crippen molar-refractivity contribution < 1.29 is 77.2 Å². The van der Waals surface area contributed by atoms with E-state index < -0.39 is 162 Å².